The molecule has 1 N–H and O–H groups in total. The number of rotatable bonds is 3. The van der Waals surface area contributed by atoms with E-state index in [4.69, 9.17) is 16.7 Å². The second kappa shape index (κ2) is 4.66. The monoisotopic (exact) mass is 208 g/mol. The highest BCUT2D eigenvalue weighted by molar-refractivity contribution is 6.30. The van der Waals surface area contributed by atoms with Crippen molar-refractivity contribution in [3.05, 3.63) is 52.7 Å². The number of hydrogen-bond acceptors (Lipinski definition) is 1. The van der Waals surface area contributed by atoms with Crippen molar-refractivity contribution in [2.24, 2.45) is 0 Å². The minimum atomic E-state index is -0.991. The van der Waals surface area contributed by atoms with Gasteiger partial charge >= 0.3 is 5.97 Å². The third kappa shape index (κ3) is 2.77. The molecule has 3 heteroatoms. The van der Waals surface area contributed by atoms with Crippen molar-refractivity contribution in [2.75, 3.05) is 0 Å². The van der Waals surface area contributed by atoms with Gasteiger partial charge in [0.2, 0.25) is 0 Å². The molecule has 0 saturated heterocycles. The van der Waals surface area contributed by atoms with E-state index in [9.17, 15) is 4.79 Å². The Bertz CT molecular complexity index is 386. The molecule has 0 saturated carbocycles. The lowest BCUT2D eigenvalue weighted by Crippen LogP contribution is -2.02. The number of hydrogen-bond donors (Lipinski definition) is 1. The predicted molar refractivity (Wildman–Crippen MR) is 55.4 cm³/mol. The van der Waals surface area contributed by atoms with Crippen LogP contribution < -0.4 is 0 Å². The molecule has 0 aliphatic carbocycles. The lowest BCUT2D eigenvalue weighted by atomic mass is 10.1. The van der Waals surface area contributed by atoms with Gasteiger partial charge in [-0.3, -0.25) is 0 Å². The molecular formula is C11H9ClO2. The first-order valence-electron chi connectivity index (χ1n) is 4.00. The standard InChI is InChI=1S/C11H9ClO2/c1-2-9(11(13)14)7-8-3-5-10(12)6-4-8/h3-6H,1,7H2,(H,13,14). The van der Waals surface area contributed by atoms with Crippen LogP contribution in [0.25, 0.3) is 0 Å². The Balaban J connectivity index is 2.83. The summed E-state index contributed by atoms with van der Waals surface area (Å²) < 4.78 is 0. The molecule has 72 valence electrons. The molecule has 1 aromatic carbocycles. The number of carboxylic acids is 1. The van der Waals surface area contributed by atoms with E-state index in [1.165, 1.54) is 0 Å². The fraction of sp³-hybridized carbons (Fsp3) is 0.0909. The minimum Gasteiger partial charge on any atom is -0.477 e. The fourth-order valence-electron chi connectivity index (χ4n) is 1.02. The Hall–Kier alpha value is -1.50. The summed E-state index contributed by atoms with van der Waals surface area (Å²) in [5.74, 6) is -0.991. The Morgan fingerprint density at radius 1 is 1.43 bits per heavy atom. The van der Waals surface area contributed by atoms with Gasteiger partial charge in [0.15, 0.2) is 0 Å². The van der Waals surface area contributed by atoms with Crippen LogP contribution in [0.15, 0.2) is 42.1 Å². The largest absolute Gasteiger partial charge is 0.477 e. The van der Waals surface area contributed by atoms with Gasteiger partial charge < -0.3 is 5.11 Å². The maximum absolute atomic E-state index is 10.6. The molecule has 0 aliphatic heterocycles. The average Bonchev–Trinajstić information content (AvgIpc) is 2.16. The molecule has 0 unspecified atom stereocenters. The van der Waals surface area contributed by atoms with Gasteiger partial charge in [0.1, 0.15) is 0 Å². The zero-order valence-electron chi connectivity index (χ0n) is 7.46. The number of aliphatic carboxylic acids is 1. The van der Waals surface area contributed by atoms with E-state index in [-0.39, 0.29) is 5.57 Å². The van der Waals surface area contributed by atoms with Crippen molar-refractivity contribution in [3.63, 3.8) is 0 Å². The lowest BCUT2D eigenvalue weighted by molar-refractivity contribution is -0.132. The van der Waals surface area contributed by atoms with Crippen LogP contribution >= 0.6 is 11.6 Å². The van der Waals surface area contributed by atoms with E-state index >= 15 is 0 Å². The molecule has 0 fully saturated rings. The summed E-state index contributed by atoms with van der Waals surface area (Å²) in [6.45, 7) is 3.33. The normalized spacial score (nSPS) is 9.21. The maximum Gasteiger partial charge on any atom is 0.339 e. The molecule has 0 bridgehead atoms. The van der Waals surface area contributed by atoms with Gasteiger partial charge in [0.05, 0.1) is 5.57 Å². The fourth-order valence-corrected chi connectivity index (χ4v) is 1.15. The summed E-state index contributed by atoms with van der Waals surface area (Å²) in [5.41, 5.74) is 3.44. The molecule has 2 nitrogen and oxygen atoms in total. The van der Waals surface area contributed by atoms with Gasteiger partial charge in [0.25, 0.3) is 0 Å². The summed E-state index contributed by atoms with van der Waals surface area (Å²) in [4.78, 5) is 10.6. The molecule has 0 heterocycles. The highest BCUT2D eigenvalue weighted by Crippen LogP contribution is 2.12. The number of carbonyl (C=O) groups is 1. The van der Waals surface area contributed by atoms with Crippen molar-refractivity contribution in [1.82, 2.24) is 0 Å². The first-order chi connectivity index (χ1) is 6.63. The number of carboxylic acid groups (broad SMARTS) is 1. The van der Waals surface area contributed by atoms with Crippen LogP contribution in [-0.4, -0.2) is 11.1 Å². The van der Waals surface area contributed by atoms with Crippen molar-refractivity contribution in [3.8, 4) is 0 Å². The summed E-state index contributed by atoms with van der Waals surface area (Å²) >= 11 is 5.69. The Morgan fingerprint density at radius 2 is 2.00 bits per heavy atom. The molecule has 1 aromatic rings. The zero-order valence-corrected chi connectivity index (χ0v) is 8.21. The van der Waals surface area contributed by atoms with Gasteiger partial charge in [-0.2, -0.15) is 0 Å². The highest BCUT2D eigenvalue weighted by Gasteiger charge is 2.06. The topological polar surface area (TPSA) is 37.3 Å². The first kappa shape index (κ1) is 10.6. The lowest BCUT2D eigenvalue weighted by Gasteiger charge is -2.00. The number of benzene rings is 1. The van der Waals surface area contributed by atoms with Crippen LogP contribution in [0.3, 0.4) is 0 Å². The van der Waals surface area contributed by atoms with E-state index in [2.05, 4.69) is 12.3 Å². The van der Waals surface area contributed by atoms with Crippen LogP contribution in [0.2, 0.25) is 5.02 Å². The molecule has 14 heavy (non-hydrogen) atoms. The second-order valence-corrected chi connectivity index (χ2v) is 3.20. The SMILES string of the molecule is C=C=C(Cc1ccc(Cl)cc1)C(=O)O. The van der Waals surface area contributed by atoms with E-state index in [0.29, 0.717) is 11.4 Å². The Labute approximate surface area is 87.1 Å². The van der Waals surface area contributed by atoms with Gasteiger partial charge in [-0.15, -0.1) is 5.73 Å². The van der Waals surface area contributed by atoms with Crippen molar-refractivity contribution in [1.29, 1.82) is 0 Å². The van der Waals surface area contributed by atoms with Crippen LogP contribution in [0.1, 0.15) is 5.56 Å². The third-order valence-electron chi connectivity index (χ3n) is 1.77. The molecule has 0 aliphatic rings. The molecule has 0 spiro atoms. The smallest absolute Gasteiger partial charge is 0.339 e. The van der Waals surface area contributed by atoms with E-state index in [0.717, 1.165) is 5.56 Å². The average molecular weight is 209 g/mol. The molecule has 0 radical (unpaired) electrons. The summed E-state index contributed by atoms with van der Waals surface area (Å²) in [6, 6.07) is 7.00. The van der Waals surface area contributed by atoms with Crippen molar-refractivity contribution in [2.45, 2.75) is 6.42 Å². The first-order valence-corrected chi connectivity index (χ1v) is 4.38. The van der Waals surface area contributed by atoms with Crippen molar-refractivity contribution < 1.29 is 9.90 Å². The third-order valence-corrected chi connectivity index (χ3v) is 2.02. The van der Waals surface area contributed by atoms with E-state index in [1.807, 2.05) is 0 Å². The molecule has 0 aromatic heterocycles. The second-order valence-electron chi connectivity index (χ2n) is 2.76. The molecule has 0 amide bonds. The van der Waals surface area contributed by atoms with E-state index < -0.39 is 5.97 Å². The summed E-state index contributed by atoms with van der Waals surface area (Å²) in [7, 11) is 0. The maximum atomic E-state index is 10.6. The summed E-state index contributed by atoms with van der Waals surface area (Å²) in [6.07, 6.45) is 0.315. The highest BCUT2D eigenvalue weighted by atomic mass is 35.5. The van der Waals surface area contributed by atoms with Crippen LogP contribution in [-0.2, 0) is 11.2 Å². The minimum absolute atomic E-state index is 0.160. The molecule has 1 rings (SSSR count). The summed E-state index contributed by atoms with van der Waals surface area (Å²) in [5, 5.41) is 9.36. The van der Waals surface area contributed by atoms with Gasteiger partial charge in [-0.25, -0.2) is 4.79 Å². The van der Waals surface area contributed by atoms with Crippen LogP contribution in [0.5, 0.6) is 0 Å². The van der Waals surface area contributed by atoms with E-state index in [1.54, 1.807) is 24.3 Å². The molecule has 0 atom stereocenters. The Kier molecular flexibility index (Phi) is 3.52. The van der Waals surface area contributed by atoms with Gasteiger partial charge in [-0.05, 0) is 17.7 Å². The zero-order chi connectivity index (χ0) is 10.6. The predicted octanol–water partition coefficient (Wildman–Crippen LogP) is 2.68. The number of halogens is 1. The Morgan fingerprint density at radius 3 is 2.43 bits per heavy atom. The van der Waals surface area contributed by atoms with Crippen LogP contribution in [0.4, 0.5) is 0 Å². The van der Waals surface area contributed by atoms with Gasteiger partial charge in [-0.1, -0.05) is 30.3 Å². The molecular weight excluding hydrogens is 200 g/mol. The van der Waals surface area contributed by atoms with Gasteiger partial charge in [0, 0.05) is 11.4 Å². The van der Waals surface area contributed by atoms with Crippen LogP contribution in [0, 0.1) is 0 Å². The quantitative estimate of drug-likeness (QED) is 0.613. The van der Waals surface area contributed by atoms with Crippen molar-refractivity contribution >= 4 is 17.6 Å².